The lowest BCUT2D eigenvalue weighted by Crippen LogP contribution is -2.10. The maximum Gasteiger partial charge on any atom is 0.258 e. The minimum atomic E-state index is -2.29. The highest BCUT2D eigenvalue weighted by Crippen LogP contribution is 2.34. The van der Waals surface area contributed by atoms with Crippen molar-refractivity contribution in [1.29, 1.82) is 0 Å². The van der Waals surface area contributed by atoms with Gasteiger partial charge in [-0.15, -0.1) is 0 Å². The molecular formula is C24H28N4O3S. The highest BCUT2D eigenvalue weighted by Gasteiger charge is 2.19. The van der Waals surface area contributed by atoms with Crippen LogP contribution in [0.1, 0.15) is 36.1 Å². The summed E-state index contributed by atoms with van der Waals surface area (Å²) < 4.78 is 28.8. The fraction of sp³-hybridized carbons (Fsp3) is 0.333. The molecule has 168 valence electrons. The van der Waals surface area contributed by atoms with Gasteiger partial charge in [-0.25, -0.2) is 14.2 Å². The summed E-state index contributed by atoms with van der Waals surface area (Å²) in [5, 5.41) is 0. The number of fused-ring (bicyclic) bond motifs is 5. The molecule has 7 nitrogen and oxygen atoms in total. The lowest BCUT2D eigenvalue weighted by Gasteiger charge is -2.19. The van der Waals surface area contributed by atoms with Gasteiger partial charge in [0.15, 0.2) is 5.82 Å². The van der Waals surface area contributed by atoms with E-state index in [1.54, 1.807) is 18.7 Å². The van der Waals surface area contributed by atoms with Gasteiger partial charge in [0.2, 0.25) is 0 Å². The van der Waals surface area contributed by atoms with Gasteiger partial charge in [0.1, 0.15) is 11.9 Å². The summed E-state index contributed by atoms with van der Waals surface area (Å²) in [4.78, 5) is 9.03. The SMILES string of the molecule is Cc1ccc2c(c1)[C@@H](C)Oc1nc(cnc1N)-c1cc(N=S(C)(C)=O)ccc1CCCO2. The molecular weight excluding hydrogens is 424 g/mol. The molecule has 0 amide bonds. The van der Waals surface area contributed by atoms with Crippen LogP contribution in [0.4, 0.5) is 11.5 Å². The van der Waals surface area contributed by atoms with Gasteiger partial charge in [0.05, 0.1) is 24.2 Å². The molecule has 0 aliphatic carbocycles. The van der Waals surface area contributed by atoms with Gasteiger partial charge < -0.3 is 15.2 Å². The average molecular weight is 453 g/mol. The van der Waals surface area contributed by atoms with E-state index < -0.39 is 9.73 Å². The number of nitrogens with two attached hydrogens (primary N) is 1. The number of benzene rings is 2. The zero-order valence-corrected chi connectivity index (χ0v) is 19.6. The van der Waals surface area contributed by atoms with Crippen molar-refractivity contribution in [3.8, 4) is 22.9 Å². The number of aromatic nitrogens is 2. The van der Waals surface area contributed by atoms with Gasteiger partial charge in [-0.3, -0.25) is 0 Å². The summed E-state index contributed by atoms with van der Waals surface area (Å²) in [5.41, 5.74) is 11.4. The number of ether oxygens (including phenoxy) is 2. The Labute approximate surface area is 189 Å². The number of rotatable bonds is 1. The third-order valence-electron chi connectivity index (χ3n) is 5.20. The van der Waals surface area contributed by atoms with E-state index in [9.17, 15) is 4.21 Å². The molecule has 0 fully saturated rings. The predicted octanol–water partition coefficient (Wildman–Crippen LogP) is 4.86. The number of aryl methyl sites for hydroxylation is 2. The molecule has 8 heteroatoms. The summed E-state index contributed by atoms with van der Waals surface area (Å²) in [7, 11) is -2.29. The summed E-state index contributed by atoms with van der Waals surface area (Å²) in [6.45, 7) is 4.55. The van der Waals surface area contributed by atoms with E-state index in [1.807, 2.05) is 44.2 Å². The van der Waals surface area contributed by atoms with E-state index >= 15 is 0 Å². The smallest absolute Gasteiger partial charge is 0.258 e. The van der Waals surface area contributed by atoms with Crippen molar-refractivity contribution in [2.75, 3.05) is 24.9 Å². The monoisotopic (exact) mass is 452 g/mol. The third-order valence-corrected chi connectivity index (χ3v) is 5.85. The van der Waals surface area contributed by atoms with Crippen LogP contribution >= 0.6 is 0 Å². The van der Waals surface area contributed by atoms with Crippen LogP contribution in [0.25, 0.3) is 11.3 Å². The second-order valence-electron chi connectivity index (χ2n) is 8.31. The Kier molecular flexibility index (Phi) is 6.06. The molecule has 1 aliphatic rings. The first kappa shape index (κ1) is 22.1. The Morgan fingerprint density at radius 1 is 1.19 bits per heavy atom. The Balaban J connectivity index is 1.84. The predicted molar refractivity (Wildman–Crippen MR) is 128 cm³/mol. The number of hydrogen-bond donors (Lipinski definition) is 1. The van der Waals surface area contributed by atoms with Crippen LogP contribution in [0.3, 0.4) is 0 Å². The fourth-order valence-electron chi connectivity index (χ4n) is 3.72. The standard InChI is InChI=1S/C24H28N4O3S/c1-15-7-10-22-19(12-15)16(2)31-24-23(25)26-14-21(27-24)20-13-18(28-32(3,4)29)9-8-17(20)6-5-11-30-22/h7-10,12-14,16H,5-6,11H2,1-4H3,(H2,25,26)/t16-/m1/s1. The van der Waals surface area contributed by atoms with Gasteiger partial charge in [-0.1, -0.05) is 17.7 Å². The van der Waals surface area contributed by atoms with E-state index in [1.165, 1.54) is 0 Å². The van der Waals surface area contributed by atoms with Crippen LogP contribution in [-0.4, -0.2) is 33.3 Å². The van der Waals surface area contributed by atoms with Crippen LogP contribution in [-0.2, 0) is 16.1 Å². The zero-order chi connectivity index (χ0) is 22.9. The molecule has 1 aliphatic heterocycles. The normalized spacial score (nSPS) is 16.2. The molecule has 32 heavy (non-hydrogen) atoms. The molecule has 3 aromatic rings. The van der Waals surface area contributed by atoms with Gasteiger partial charge in [0.25, 0.3) is 5.88 Å². The van der Waals surface area contributed by atoms with Crippen molar-refractivity contribution in [3.05, 3.63) is 59.3 Å². The Bertz CT molecular complexity index is 1270. The second-order valence-corrected chi connectivity index (χ2v) is 10.9. The molecule has 0 spiro atoms. The summed E-state index contributed by atoms with van der Waals surface area (Å²) in [5.74, 6) is 1.28. The summed E-state index contributed by atoms with van der Waals surface area (Å²) >= 11 is 0. The highest BCUT2D eigenvalue weighted by molar-refractivity contribution is 7.92. The average Bonchev–Trinajstić information content (AvgIpc) is 2.73. The van der Waals surface area contributed by atoms with E-state index in [-0.39, 0.29) is 17.8 Å². The van der Waals surface area contributed by atoms with Crippen LogP contribution in [0.5, 0.6) is 11.6 Å². The number of nitrogens with zero attached hydrogens (tertiary/aromatic N) is 3. The summed E-state index contributed by atoms with van der Waals surface area (Å²) in [6, 6.07) is 11.8. The maximum atomic E-state index is 12.2. The molecule has 0 radical (unpaired) electrons. The number of nitrogen functional groups attached to an aromatic ring is 1. The zero-order valence-electron chi connectivity index (χ0n) is 18.8. The summed E-state index contributed by atoms with van der Waals surface area (Å²) in [6.07, 6.45) is 6.13. The third kappa shape index (κ3) is 5.02. The molecule has 2 aromatic carbocycles. The molecule has 0 saturated heterocycles. The maximum absolute atomic E-state index is 12.2. The lowest BCUT2D eigenvalue weighted by molar-refractivity contribution is 0.209. The molecule has 1 atom stereocenters. The molecule has 4 rings (SSSR count). The van der Waals surface area contributed by atoms with Gasteiger partial charge in [0, 0.05) is 33.4 Å². The van der Waals surface area contributed by atoms with Crippen LogP contribution in [0, 0.1) is 6.92 Å². The highest BCUT2D eigenvalue weighted by atomic mass is 32.2. The Morgan fingerprint density at radius 3 is 2.78 bits per heavy atom. The van der Waals surface area contributed by atoms with Crippen molar-refractivity contribution in [3.63, 3.8) is 0 Å². The molecule has 2 heterocycles. The molecule has 0 unspecified atom stereocenters. The van der Waals surface area contributed by atoms with E-state index in [0.717, 1.165) is 40.8 Å². The van der Waals surface area contributed by atoms with Crippen LogP contribution in [0.2, 0.25) is 0 Å². The van der Waals surface area contributed by atoms with Gasteiger partial charge >= 0.3 is 0 Å². The first-order valence-corrected chi connectivity index (χ1v) is 12.9. The first-order chi connectivity index (χ1) is 15.2. The largest absolute Gasteiger partial charge is 0.493 e. The van der Waals surface area contributed by atoms with Crippen LogP contribution in [0.15, 0.2) is 47.0 Å². The van der Waals surface area contributed by atoms with Gasteiger partial charge in [-0.2, -0.15) is 4.36 Å². The minimum absolute atomic E-state index is 0.220. The van der Waals surface area contributed by atoms with Crippen molar-refractivity contribution in [2.24, 2.45) is 4.36 Å². The van der Waals surface area contributed by atoms with Crippen molar-refractivity contribution in [1.82, 2.24) is 9.97 Å². The lowest BCUT2D eigenvalue weighted by atomic mass is 10.00. The molecule has 2 bridgehead atoms. The van der Waals surface area contributed by atoms with E-state index in [2.05, 4.69) is 15.4 Å². The fourth-order valence-corrected chi connectivity index (χ4v) is 4.34. The van der Waals surface area contributed by atoms with Crippen molar-refractivity contribution < 1.29 is 13.7 Å². The minimum Gasteiger partial charge on any atom is -0.493 e. The second kappa shape index (κ2) is 8.78. The Hall–Kier alpha value is -3.13. The quantitative estimate of drug-likeness (QED) is 0.566. The van der Waals surface area contributed by atoms with E-state index in [4.69, 9.17) is 20.2 Å². The van der Waals surface area contributed by atoms with Crippen LogP contribution < -0.4 is 15.2 Å². The van der Waals surface area contributed by atoms with Crippen molar-refractivity contribution in [2.45, 2.75) is 32.8 Å². The number of hydrogen-bond acceptors (Lipinski definition) is 7. The molecule has 2 N–H and O–H groups in total. The molecule has 0 saturated carbocycles. The topological polar surface area (TPSA) is 99.7 Å². The number of anilines is 1. The van der Waals surface area contributed by atoms with Crippen molar-refractivity contribution >= 4 is 21.2 Å². The molecule has 1 aromatic heterocycles. The van der Waals surface area contributed by atoms with E-state index in [0.29, 0.717) is 18.0 Å². The Morgan fingerprint density at radius 2 is 2.00 bits per heavy atom. The van der Waals surface area contributed by atoms with Gasteiger partial charge in [-0.05, 0) is 56.5 Å². The first-order valence-electron chi connectivity index (χ1n) is 10.5.